The lowest BCUT2D eigenvalue weighted by molar-refractivity contribution is -0.145. The Labute approximate surface area is 179 Å². The van der Waals surface area contributed by atoms with Gasteiger partial charge in [0.25, 0.3) is 5.91 Å². The zero-order chi connectivity index (χ0) is 20.9. The highest BCUT2D eigenvalue weighted by molar-refractivity contribution is 7.09. The van der Waals surface area contributed by atoms with Gasteiger partial charge in [0.15, 0.2) is 0 Å². The molecule has 0 saturated carbocycles. The first-order chi connectivity index (χ1) is 14.7. The number of rotatable bonds is 7. The lowest BCUT2D eigenvalue weighted by Crippen LogP contribution is -2.43. The third-order valence-electron chi connectivity index (χ3n) is 5.42. The van der Waals surface area contributed by atoms with Gasteiger partial charge in [0, 0.05) is 34.8 Å². The van der Waals surface area contributed by atoms with E-state index in [0.29, 0.717) is 18.0 Å². The molecule has 2 aromatic heterocycles. The molecule has 7 nitrogen and oxygen atoms in total. The number of thiazole rings is 1. The Bertz CT molecular complexity index is 1020. The van der Waals surface area contributed by atoms with Crippen LogP contribution in [-0.2, 0) is 16.0 Å². The number of nitrogens with zero attached hydrogens (tertiary/aromatic N) is 1. The van der Waals surface area contributed by atoms with Crippen molar-refractivity contribution in [2.75, 3.05) is 19.7 Å². The zero-order valence-electron chi connectivity index (χ0n) is 16.9. The molecule has 8 heteroatoms. The van der Waals surface area contributed by atoms with Crippen molar-refractivity contribution >= 4 is 34.1 Å². The summed E-state index contributed by atoms with van der Waals surface area (Å²) < 4.78 is 5.21. The number of piperidine rings is 1. The third kappa shape index (κ3) is 4.55. The second-order valence-electron chi connectivity index (χ2n) is 7.44. The van der Waals surface area contributed by atoms with Gasteiger partial charge in [0.05, 0.1) is 11.6 Å². The van der Waals surface area contributed by atoms with E-state index in [1.54, 1.807) is 12.3 Å². The van der Waals surface area contributed by atoms with Gasteiger partial charge >= 0.3 is 5.97 Å². The second kappa shape index (κ2) is 9.40. The number of fused-ring (bicyclic) bond motifs is 1. The summed E-state index contributed by atoms with van der Waals surface area (Å²) in [5.41, 5.74) is 2.31. The van der Waals surface area contributed by atoms with Crippen molar-refractivity contribution in [3.8, 4) is 0 Å². The van der Waals surface area contributed by atoms with Crippen molar-refractivity contribution in [3.05, 3.63) is 52.1 Å². The molecular formula is C22H26N4O3S. The van der Waals surface area contributed by atoms with E-state index < -0.39 is 12.0 Å². The van der Waals surface area contributed by atoms with E-state index in [-0.39, 0.29) is 12.5 Å². The Balaban J connectivity index is 1.49. The fourth-order valence-electron chi connectivity index (χ4n) is 3.84. The highest BCUT2D eigenvalue weighted by Gasteiger charge is 2.26. The number of nitrogens with one attached hydrogen (secondary N) is 3. The predicted octanol–water partition coefficient (Wildman–Crippen LogP) is 3.00. The van der Waals surface area contributed by atoms with Crippen LogP contribution < -0.4 is 10.6 Å². The van der Waals surface area contributed by atoms with Gasteiger partial charge in [-0.2, -0.15) is 0 Å². The van der Waals surface area contributed by atoms with Gasteiger partial charge in [-0.15, -0.1) is 11.3 Å². The summed E-state index contributed by atoms with van der Waals surface area (Å²) in [6.07, 6.45) is 4.28. The number of esters is 1. The van der Waals surface area contributed by atoms with E-state index >= 15 is 0 Å². The quantitative estimate of drug-likeness (QED) is 0.505. The molecule has 1 aliphatic rings. The molecule has 1 amide bonds. The maximum Gasteiger partial charge on any atom is 0.328 e. The van der Waals surface area contributed by atoms with Gasteiger partial charge in [-0.1, -0.05) is 18.2 Å². The summed E-state index contributed by atoms with van der Waals surface area (Å²) in [6.45, 7) is 3.96. The summed E-state index contributed by atoms with van der Waals surface area (Å²) in [4.78, 5) is 33.2. The minimum absolute atomic E-state index is 0.260. The van der Waals surface area contributed by atoms with Crippen molar-refractivity contribution in [2.45, 2.75) is 38.1 Å². The van der Waals surface area contributed by atoms with E-state index in [4.69, 9.17) is 4.74 Å². The Hall–Kier alpha value is -2.71. The first-order valence-corrected chi connectivity index (χ1v) is 11.2. The number of amides is 1. The first kappa shape index (κ1) is 20.6. The topological polar surface area (TPSA) is 96.1 Å². The summed E-state index contributed by atoms with van der Waals surface area (Å²) >= 11 is 1.52. The Morgan fingerprint density at radius 2 is 2.10 bits per heavy atom. The number of hydrogen-bond acceptors (Lipinski definition) is 6. The van der Waals surface area contributed by atoms with Crippen LogP contribution in [-0.4, -0.2) is 47.6 Å². The van der Waals surface area contributed by atoms with Gasteiger partial charge in [-0.3, -0.25) is 4.79 Å². The minimum atomic E-state index is -0.777. The molecule has 1 aliphatic heterocycles. The molecule has 1 fully saturated rings. The molecule has 0 aliphatic carbocycles. The first-order valence-electron chi connectivity index (χ1n) is 10.3. The van der Waals surface area contributed by atoms with Gasteiger partial charge in [0.2, 0.25) is 0 Å². The Morgan fingerprint density at radius 1 is 1.30 bits per heavy atom. The number of benzene rings is 1. The lowest BCUT2D eigenvalue weighted by atomic mass is 9.99. The SMILES string of the molecule is CCOC(=O)C(Cc1c[nH]c2ccccc12)NC(=O)c1csc(C2CCNCC2)n1. The van der Waals surface area contributed by atoms with Crippen LogP contribution in [0.4, 0.5) is 0 Å². The number of hydrogen-bond donors (Lipinski definition) is 3. The molecular weight excluding hydrogens is 400 g/mol. The van der Waals surface area contributed by atoms with Crippen LogP contribution in [0.1, 0.15) is 46.7 Å². The van der Waals surface area contributed by atoms with Gasteiger partial charge < -0.3 is 20.4 Å². The zero-order valence-corrected chi connectivity index (χ0v) is 17.8. The monoisotopic (exact) mass is 426 g/mol. The Morgan fingerprint density at radius 3 is 2.90 bits per heavy atom. The minimum Gasteiger partial charge on any atom is -0.464 e. The van der Waals surface area contributed by atoms with E-state index in [1.165, 1.54) is 11.3 Å². The number of ether oxygens (including phenoxy) is 1. The van der Waals surface area contributed by atoms with E-state index in [1.807, 2.05) is 30.5 Å². The lowest BCUT2D eigenvalue weighted by Gasteiger charge is -2.20. The highest BCUT2D eigenvalue weighted by atomic mass is 32.1. The molecule has 3 aromatic rings. The molecule has 4 rings (SSSR count). The number of carbonyl (C=O) groups excluding carboxylic acids is 2. The normalized spacial score (nSPS) is 15.8. The predicted molar refractivity (Wildman–Crippen MR) is 117 cm³/mol. The third-order valence-corrected chi connectivity index (χ3v) is 6.43. The molecule has 1 unspecified atom stereocenters. The molecule has 1 saturated heterocycles. The summed E-state index contributed by atoms with van der Waals surface area (Å²) in [6, 6.07) is 7.11. The number of para-hydroxylation sites is 1. The van der Waals surface area contributed by atoms with Crippen LogP contribution in [0.15, 0.2) is 35.8 Å². The van der Waals surface area contributed by atoms with Gasteiger partial charge in [-0.25, -0.2) is 9.78 Å². The van der Waals surface area contributed by atoms with Crippen LogP contribution in [0.3, 0.4) is 0 Å². The molecule has 3 heterocycles. The fraction of sp³-hybridized carbons (Fsp3) is 0.409. The van der Waals surface area contributed by atoms with Crippen LogP contribution >= 0.6 is 11.3 Å². The number of aromatic nitrogens is 2. The molecule has 0 bridgehead atoms. The van der Waals surface area contributed by atoms with Gasteiger partial charge in [-0.05, 0) is 44.5 Å². The largest absolute Gasteiger partial charge is 0.464 e. The van der Waals surface area contributed by atoms with Gasteiger partial charge in [0.1, 0.15) is 11.7 Å². The van der Waals surface area contributed by atoms with Crippen molar-refractivity contribution in [3.63, 3.8) is 0 Å². The molecule has 1 aromatic carbocycles. The summed E-state index contributed by atoms with van der Waals surface area (Å²) in [5.74, 6) is -0.390. The molecule has 158 valence electrons. The van der Waals surface area contributed by atoms with Crippen LogP contribution in [0.25, 0.3) is 10.9 Å². The molecule has 30 heavy (non-hydrogen) atoms. The maximum absolute atomic E-state index is 12.9. The molecule has 0 spiro atoms. The maximum atomic E-state index is 12.9. The standard InChI is InChI=1S/C22H26N4O3S/c1-2-29-22(28)18(11-15-12-24-17-6-4-3-5-16(15)17)25-20(27)19-13-30-21(26-19)14-7-9-23-10-8-14/h3-6,12-14,18,23-24H,2,7-11H2,1H3,(H,25,27). The van der Waals surface area contributed by atoms with E-state index in [2.05, 4.69) is 20.6 Å². The fourth-order valence-corrected chi connectivity index (χ4v) is 4.81. The van der Waals surface area contributed by atoms with Crippen LogP contribution in [0.5, 0.6) is 0 Å². The van der Waals surface area contributed by atoms with Crippen LogP contribution in [0, 0.1) is 0 Å². The number of aromatic amines is 1. The van der Waals surface area contributed by atoms with E-state index in [9.17, 15) is 9.59 Å². The summed E-state index contributed by atoms with van der Waals surface area (Å²) in [5, 5.41) is 9.98. The number of carbonyl (C=O) groups is 2. The van der Waals surface area contributed by atoms with Crippen molar-refractivity contribution in [2.24, 2.45) is 0 Å². The number of H-pyrrole nitrogens is 1. The average Bonchev–Trinajstić information content (AvgIpc) is 3.42. The van der Waals surface area contributed by atoms with Crippen molar-refractivity contribution < 1.29 is 14.3 Å². The summed E-state index contributed by atoms with van der Waals surface area (Å²) in [7, 11) is 0. The average molecular weight is 427 g/mol. The molecule has 1 atom stereocenters. The molecule has 3 N–H and O–H groups in total. The van der Waals surface area contributed by atoms with Crippen molar-refractivity contribution in [1.82, 2.24) is 20.6 Å². The van der Waals surface area contributed by atoms with Crippen molar-refractivity contribution in [1.29, 1.82) is 0 Å². The molecule has 0 radical (unpaired) electrons. The second-order valence-corrected chi connectivity index (χ2v) is 8.33. The van der Waals surface area contributed by atoms with E-state index in [0.717, 1.165) is 47.4 Å². The highest BCUT2D eigenvalue weighted by Crippen LogP contribution is 2.28. The Kier molecular flexibility index (Phi) is 6.44. The van der Waals surface area contributed by atoms with Crippen LogP contribution in [0.2, 0.25) is 0 Å². The smallest absolute Gasteiger partial charge is 0.328 e.